The number of aliphatic carboxylic acids is 1. The van der Waals surface area contributed by atoms with Gasteiger partial charge < -0.3 is 9.67 Å². The molecule has 23 heavy (non-hydrogen) atoms. The predicted octanol–water partition coefficient (Wildman–Crippen LogP) is 0.183. The van der Waals surface area contributed by atoms with Gasteiger partial charge in [0.05, 0.1) is 11.9 Å². The van der Waals surface area contributed by atoms with Gasteiger partial charge in [-0.25, -0.2) is 13.4 Å². The lowest BCUT2D eigenvalue weighted by molar-refractivity contribution is -0.139. The molecule has 10 heteroatoms. The number of imidazole rings is 1. The smallest absolute Gasteiger partial charge is 0.326 e. The third-order valence-corrected chi connectivity index (χ3v) is 5.30. The third-order valence-electron chi connectivity index (χ3n) is 3.83. The van der Waals surface area contributed by atoms with Crippen molar-refractivity contribution in [1.82, 2.24) is 24.1 Å². The Hall–Kier alpha value is -2.20. The van der Waals surface area contributed by atoms with Gasteiger partial charge in [-0.1, -0.05) is 0 Å². The Morgan fingerprint density at radius 2 is 1.91 bits per heavy atom. The van der Waals surface area contributed by atoms with Gasteiger partial charge in [0.25, 0.3) is 10.0 Å². The first-order chi connectivity index (χ1) is 10.6. The van der Waals surface area contributed by atoms with Crippen molar-refractivity contribution < 1.29 is 18.3 Å². The maximum atomic E-state index is 12.5. The number of carboxylic acids is 1. The van der Waals surface area contributed by atoms with Gasteiger partial charge in [0.15, 0.2) is 5.03 Å². The van der Waals surface area contributed by atoms with Crippen LogP contribution in [0.3, 0.4) is 0 Å². The number of hydrogen-bond donors (Lipinski definition) is 2. The molecule has 2 aromatic heterocycles. The fraction of sp³-hybridized carbons (Fsp3) is 0.462. The monoisotopic (exact) mass is 341 g/mol. The minimum atomic E-state index is -4.05. The predicted molar refractivity (Wildman–Crippen MR) is 81.3 cm³/mol. The lowest BCUT2D eigenvalue weighted by Gasteiger charge is -2.16. The minimum Gasteiger partial charge on any atom is -0.480 e. The second-order valence-corrected chi connectivity index (χ2v) is 6.96. The molecule has 2 rings (SSSR count). The molecule has 0 spiro atoms. The first-order valence-electron chi connectivity index (χ1n) is 6.79. The van der Waals surface area contributed by atoms with Gasteiger partial charge in [-0.2, -0.15) is 9.82 Å². The summed E-state index contributed by atoms with van der Waals surface area (Å²) in [5.74, 6) is -0.794. The number of nitrogens with zero attached hydrogens (tertiary/aromatic N) is 4. The van der Waals surface area contributed by atoms with E-state index in [1.54, 1.807) is 34.9 Å². The third kappa shape index (κ3) is 2.99. The maximum Gasteiger partial charge on any atom is 0.326 e. The zero-order valence-electron chi connectivity index (χ0n) is 13.5. The number of rotatable bonds is 5. The topological polar surface area (TPSA) is 119 Å². The van der Waals surface area contributed by atoms with E-state index in [0.29, 0.717) is 22.8 Å². The van der Waals surface area contributed by atoms with Crippen LogP contribution in [-0.2, 0) is 28.9 Å². The van der Waals surface area contributed by atoms with Crippen molar-refractivity contribution in [3.63, 3.8) is 0 Å². The highest BCUT2D eigenvalue weighted by Gasteiger charge is 2.32. The molecule has 126 valence electrons. The summed E-state index contributed by atoms with van der Waals surface area (Å²) in [4.78, 5) is 15.6. The highest BCUT2D eigenvalue weighted by Crippen LogP contribution is 2.23. The Balaban J connectivity index is 2.49. The van der Waals surface area contributed by atoms with E-state index in [0.717, 1.165) is 0 Å². The van der Waals surface area contributed by atoms with E-state index in [4.69, 9.17) is 0 Å². The van der Waals surface area contributed by atoms with E-state index < -0.39 is 22.0 Å². The molecule has 0 aliphatic rings. The summed E-state index contributed by atoms with van der Waals surface area (Å²) < 4.78 is 30.2. The fourth-order valence-electron chi connectivity index (χ4n) is 2.39. The van der Waals surface area contributed by atoms with Gasteiger partial charge in [-0.15, -0.1) is 0 Å². The first kappa shape index (κ1) is 17.2. The molecule has 0 bridgehead atoms. The van der Waals surface area contributed by atoms with Crippen LogP contribution in [0.4, 0.5) is 0 Å². The van der Waals surface area contributed by atoms with Crippen LogP contribution < -0.4 is 4.72 Å². The van der Waals surface area contributed by atoms with Gasteiger partial charge in [0.1, 0.15) is 11.9 Å². The quantitative estimate of drug-likeness (QED) is 0.801. The molecule has 0 aliphatic heterocycles. The van der Waals surface area contributed by atoms with Crippen LogP contribution in [0, 0.1) is 20.8 Å². The van der Waals surface area contributed by atoms with Crippen LogP contribution in [0.25, 0.3) is 0 Å². The van der Waals surface area contributed by atoms with E-state index in [-0.39, 0.29) is 5.03 Å². The Kier molecular flexibility index (Phi) is 4.31. The van der Waals surface area contributed by atoms with Crippen LogP contribution in [0.2, 0.25) is 0 Å². The van der Waals surface area contributed by atoms with Crippen LogP contribution >= 0.6 is 0 Å². The number of aryl methyl sites for hydroxylation is 3. The normalized spacial score (nSPS) is 13.3. The SMILES string of the molecule is Cc1nn(C)c(C)c1C(NS(=O)(=O)c1cnc(C)n1C)C(=O)O. The van der Waals surface area contributed by atoms with Crippen molar-refractivity contribution in [1.29, 1.82) is 0 Å². The summed E-state index contributed by atoms with van der Waals surface area (Å²) in [5.41, 5.74) is 1.38. The average molecular weight is 341 g/mol. The lowest BCUT2D eigenvalue weighted by Crippen LogP contribution is -2.35. The van der Waals surface area contributed by atoms with E-state index in [9.17, 15) is 18.3 Å². The fourth-order valence-corrected chi connectivity index (χ4v) is 3.72. The van der Waals surface area contributed by atoms with Crippen LogP contribution in [0.15, 0.2) is 11.2 Å². The van der Waals surface area contributed by atoms with Gasteiger partial charge in [-0.3, -0.25) is 9.48 Å². The Morgan fingerprint density at radius 3 is 2.30 bits per heavy atom. The first-order valence-corrected chi connectivity index (χ1v) is 8.28. The molecule has 1 atom stereocenters. The molecule has 1 unspecified atom stereocenters. The van der Waals surface area contributed by atoms with Gasteiger partial charge in [0, 0.05) is 25.4 Å². The summed E-state index contributed by atoms with van der Waals surface area (Å²) in [6, 6.07) is -1.43. The zero-order valence-corrected chi connectivity index (χ0v) is 14.3. The molecule has 9 nitrogen and oxygen atoms in total. The van der Waals surface area contributed by atoms with E-state index in [2.05, 4.69) is 14.8 Å². The summed E-state index contributed by atoms with van der Waals surface area (Å²) in [7, 11) is -0.835. The summed E-state index contributed by atoms with van der Waals surface area (Å²) in [5, 5.41) is 13.5. The standard InChI is InChI=1S/C13H19N5O4S/c1-7-11(8(2)18(5)15-7)12(13(19)20)16-23(21,22)10-6-14-9(3)17(10)4/h6,12,16H,1-5H3,(H,19,20). The maximum absolute atomic E-state index is 12.5. The van der Waals surface area contributed by atoms with Gasteiger partial charge in [0.2, 0.25) is 0 Å². The highest BCUT2D eigenvalue weighted by molar-refractivity contribution is 7.89. The number of sulfonamides is 1. The molecule has 0 aromatic carbocycles. The number of carbonyl (C=O) groups is 1. The van der Waals surface area contributed by atoms with Crippen LogP contribution in [0.5, 0.6) is 0 Å². The molecule has 0 saturated heterocycles. The Morgan fingerprint density at radius 1 is 1.30 bits per heavy atom. The van der Waals surface area contributed by atoms with Crippen molar-refractivity contribution in [2.24, 2.45) is 14.1 Å². The summed E-state index contributed by atoms with van der Waals surface area (Å²) >= 11 is 0. The molecule has 0 fully saturated rings. The van der Waals surface area contributed by atoms with Crippen LogP contribution in [-0.4, -0.2) is 38.8 Å². The van der Waals surface area contributed by atoms with Crippen molar-refractivity contribution >= 4 is 16.0 Å². The summed E-state index contributed by atoms with van der Waals surface area (Å²) in [6.07, 6.45) is 1.19. The van der Waals surface area contributed by atoms with Gasteiger partial charge >= 0.3 is 5.97 Å². The van der Waals surface area contributed by atoms with E-state index >= 15 is 0 Å². The van der Waals surface area contributed by atoms with E-state index in [1.165, 1.54) is 15.4 Å². The molecule has 0 radical (unpaired) electrons. The molecule has 2 heterocycles. The van der Waals surface area contributed by atoms with Crippen LogP contribution in [0.1, 0.15) is 28.8 Å². The highest BCUT2D eigenvalue weighted by atomic mass is 32.2. The minimum absolute atomic E-state index is 0.0968. The Labute approximate surface area is 134 Å². The molecule has 0 amide bonds. The Bertz CT molecular complexity index is 865. The molecule has 2 N–H and O–H groups in total. The number of hydrogen-bond acceptors (Lipinski definition) is 5. The second kappa shape index (κ2) is 5.78. The molecule has 2 aromatic rings. The zero-order chi connectivity index (χ0) is 17.5. The lowest BCUT2D eigenvalue weighted by atomic mass is 10.1. The second-order valence-electron chi connectivity index (χ2n) is 5.30. The number of nitrogens with one attached hydrogen (secondary N) is 1. The van der Waals surface area contributed by atoms with Crippen molar-refractivity contribution in [3.05, 3.63) is 29.0 Å². The summed E-state index contributed by atoms with van der Waals surface area (Å²) in [6.45, 7) is 4.98. The molecule has 0 saturated carbocycles. The largest absolute Gasteiger partial charge is 0.480 e. The number of carboxylic acid groups (broad SMARTS) is 1. The average Bonchev–Trinajstić information content (AvgIpc) is 2.89. The molecule has 0 aliphatic carbocycles. The van der Waals surface area contributed by atoms with Crippen molar-refractivity contribution in [2.75, 3.05) is 0 Å². The molecular formula is C13H19N5O4S. The number of aromatic nitrogens is 4. The van der Waals surface area contributed by atoms with E-state index in [1.807, 2.05) is 0 Å². The van der Waals surface area contributed by atoms with Crippen molar-refractivity contribution in [3.8, 4) is 0 Å². The van der Waals surface area contributed by atoms with Gasteiger partial charge in [-0.05, 0) is 20.8 Å². The molecular weight excluding hydrogens is 322 g/mol. The van der Waals surface area contributed by atoms with Crippen molar-refractivity contribution in [2.45, 2.75) is 31.8 Å².